The monoisotopic (exact) mass is 293 g/mol. The van der Waals surface area contributed by atoms with Gasteiger partial charge in [-0.25, -0.2) is 0 Å². The molecule has 122 valence electrons. The molecule has 0 aromatic carbocycles. The molecular formula is C19H35NO. The molecule has 1 N–H and O–H groups in total. The normalized spacial score (nSPS) is 21.4. The van der Waals surface area contributed by atoms with E-state index in [9.17, 15) is 0 Å². The van der Waals surface area contributed by atoms with E-state index in [2.05, 4.69) is 44.9 Å². The Morgan fingerprint density at radius 3 is 2.33 bits per heavy atom. The zero-order valence-electron chi connectivity index (χ0n) is 14.8. The van der Waals surface area contributed by atoms with Crippen molar-refractivity contribution in [1.29, 1.82) is 0 Å². The molecule has 0 aromatic rings. The summed E-state index contributed by atoms with van der Waals surface area (Å²) in [5.41, 5.74) is 0.494. The minimum Gasteiger partial charge on any atom is -0.374 e. The fraction of sp³-hybridized carbons (Fsp3) is 0.895. The van der Waals surface area contributed by atoms with Crippen molar-refractivity contribution in [1.82, 2.24) is 5.32 Å². The largest absolute Gasteiger partial charge is 0.374 e. The molecule has 1 unspecified atom stereocenters. The molecule has 1 fully saturated rings. The first-order valence-corrected chi connectivity index (χ1v) is 8.76. The van der Waals surface area contributed by atoms with Gasteiger partial charge in [0.25, 0.3) is 0 Å². The molecule has 1 aliphatic carbocycles. The van der Waals surface area contributed by atoms with Crippen LogP contribution in [0.5, 0.6) is 0 Å². The Morgan fingerprint density at radius 1 is 1.14 bits per heavy atom. The minimum absolute atomic E-state index is 0.0227. The van der Waals surface area contributed by atoms with E-state index < -0.39 is 0 Å². The first-order valence-electron chi connectivity index (χ1n) is 8.76. The average Bonchev–Trinajstić information content (AvgIpc) is 2.46. The molecule has 1 rings (SSSR count). The van der Waals surface area contributed by atoms with Crippen LogP contribution >= 0.6 is 0 Å². The predicted octanol–water partition coefficient (Wildman–Crippen LogP) is 4.53. The molecule has 2 heteroatoms. The van der Waals surface area contributed by atoms with Crippen molar-refractivity contribution in [3.05, 3.63) is 0 Å². The van der Waals surface area contributed by atoms with Gasteiger partial charge in [0.15, 0.2) is 0 Å². The molecule has 1 atom stereocenters. The molecule has 2 nitrogen and oxygen atoms in total. The van der Waals surface area contributed by atoms with E-state index in [0.717, 1.165) is 26.0 Å². The minimum atomic E-state index is 0.0227. The number of rotatable bonds is 8. The Balaban J connectivity index is 2.81. The third-order valence-electron chi connectivity index (χ3n) is 4.89. The van der Waals surface area contributed by atoms with Gasteiger partial charge in [0.2, 0.25) is 0 Å². The zero-order chi connectivity index (χ0) is 15.8. The number of nitrogens with one attached hydrogen (secondary N) is 1. The van der Waals surface area contributed by atoms with Gasteiger partial charge in [-0.05, 0) is 64.3 Å². The number of ether oxygens (including phenoxy) is 1. The van der Waals surface area contributed by atoms with Crippen LogP contribution in [0.2, 0.25) is 0 Å². The lowest BCUT2D eigenvalue weighted by Gasteiger charge is -2.48. The highest BCUT2D eigenvalue weighted by Gasteiger charge is 2.44. The molecule has 0 heterocycles. The Morgan fingerprint density at radius 2 is 1.81 bits per heavy atom. The highest BCUT2D eigenvalue weighted by molar-refractivity contribution is 5.02. The summed E-state index contributed by atoms with van der Waals surface area (Å²) in [7, 11) is 0. The fourth-order valence-electron chi connectivity index (χ4n) is 3.44. The van der Waals surface area contributed by atoms with Crippen molar-refractivity contribution in [3.63, 3.8) is 0 Å². The molecule has 1 aliphatic rings. The summed E-state index contributed by atoms with van der Waals surface area (Å²) in [5.74, 6) is 6.25. The van der Waals surface area contributed by atoms with E-state index >= 15 is 0 Å². The highest BCUT2D eigenvalue weighted by atomic mass is 16.5. The molecule has 0 aromatic heterocycles. The van der Waals surface area contributed by atoms with Gasteiger partial charge < -0.3 is 10.1 Å². The molecule has 0 saturated heterocycles. The zero-order valence-corrected chi connectivity index (χ0v) is 14.8. The lowest BCUT2D eigenvalue weighted by molar-refractivity contribution is -0.107. The standard InChI is InChI=1S/C19H35NO/c1-6-9-10-11-17(20-16-7-2)19(21-8-3)14-12-18(4,5)13-15-19/h17,20H,7-8,10-16H2,1-5H3. The second-order valence-electron chi connectivity index (χ2n) is 7.13. The van der Waals surface area contributed by atoms with Gasteiger partial charge in [-0.1, -0.05) is 20.8 Å². The second kappa shape index (κ2) is 8.81. The molecule has 0 aliphatic heterocycles. The van der Waals surface area contributed by atoms with Crippen molar-refractivity contribution in [3.8, 4) is 11.8 Å². The van der Waals surface area contributed by atoms with Crippen LogP contribution in [0.25, 0.3) is 0 Å². The van der Waals surface area contributed by atoms with Crippen LogP contribution in [-0.4, -0.2) is 24.8 Å². The van der Waals surface area contributed by atoms with Crippen LogP contribution in [0.15, 0.2) is 0 Å². The van der Waals surface area contributed by atoms with Crippen molar-refractivity contribution in [2.75, 3.05) is 13.2 Å². The Bertz CT molecular complexity index is 340. The topological polar surface area (TPSA) is 21.3 Å². The maximum Gasteiger partial charge on any atom is 0.0835 e. The van der Waals surface area contributed by atoms with Gasteiger partial charge >= 0.3 is 0 Å². The third-order valence-corrected chi connectivity index (χ3v) is 4.89. The van der Waals surface area contributed by atoms with Crippen molar-refractivity contribution >= 4 is 0 Å². The lowest BCUT2D eigenvalue weighted by atomic mass is 9.67. The van der Waals surface area contributed by atoms with E-state index in [1.54, 1.807) is 0 Å². The van der Waals surface area contributed by atoms with E-state index in [-0.39, 0.29) is 5.60 Å². The SMILES string of the molecule is CC#CCCC(NCCC)C1(OCC)CCC(C)(C)CC1. The summed E-state index contributed by atoms with van der Waals surface area (Å²) in [6.45, 7) is 12.9. The van der Waals surface area contributed by atoms with Crippen LogP contribution in [0, 0.1) is 17.3 Å². The lowest BCUT2D eigenvalue weighted by Crippen LogP contribution is -2.55. The quantitative estimate of drug-likeness (QED) is 0.664. The summed E-state index contributed by atoms with van der Waals surface area (Å²) in [4.78, 5) is 0. The summed E-state index contributed by atoms with van der Waals surface area (Å²) in [6, 6.07) is 0.439. The summed E-state index contributed by atoms with van der Waals surface area (Å²) >= 11 is 0. The summed E-state index contributed by atoms with van der Waals surface area (Å²) in [6.07, 6.45) is 8.11. The van der Waals surface area contributed by atoms with Gasteiger partial charge in [0.05, 0.1) is 5.60 Å². The molecule has 0 bridgehead atoms. The van der Waals surface area contributed by atoms with Crippen LogP contribution in [0.3, 0.4) is 0 Å². The van der Waals surface area contributed by atoms with E-state index in [1.165, 1.54) is 32.1 Å². The average molecular weight is 293 g/mol. The van der Waals surface area contributed by atoms with E-state index in [4.69, 9.17) is 4.74 Å². The fourth-order valence-corrected chi connectivity index (χ4v) is 3.44. The molecule has 0 amide bonds. The smallest absolute Gasteiger partial charge is 0.0835 e. The maximum absolute atomic E-state index is 6.34. The number of hydrogen-bond acceptors (Lipinski definition) is 2. The molecule has 0 spiro atoms. The Labute approximate surface area is 132 Å². The van der Waals surface area contributed by atoms with Gasteiger partial charge in [-0.2, -0.15) is 0 Å². The second-order valence-corrected chi connectivity index (χ2v) is 7.13. The van der Waals surface area contributed by atoms with Crippen LogP contribution in [0.4, 0.5) is 0 Å². The van der Waals surface area contributed by atoms with Gasteiger partial charge in [-0.3, -0.25) is 0 Å². The number of hydrogen-bond donors (Lipinski definition) is 1. The van der Waals surface area contributed by atoms with Crippen molar-refractivity contribution < 1.29 is 4.74 Å². The van der Waals surface area contributed by atoms with Crippen LogP contribution in [0.1, 0.15) is 79.6 Å². The maximum atomic E-state index is 6.34. The van der Waals surface area contributed by atoms with Crippen LogP contribution < -0.4 is 5.32 Å². The summed E-state index contributed by atoms with van der Waals surface area (Å²) in [5, 5.41) is 3.76. The molecule has 21 heavy (non-hydrogen) atoms. The van der Waals surface area contributed by atoms with Crippen molar-refractivity contribution in [2.45, 2.75) is 91.2 Å². The Hall–Kier alpha value is -0.520. The molecular weight excluding hydrogens is 258 g/mol. The Kier molecular flexibility index (Phi) is 7.77. The van der Waals surface area contributed by atoms with Crippen molar-refractivity contribution in [2.24, 2.45) is 5.41 Å². The first-order chi connectivity index (χ1) is 9.99. The predicted molar refractivity (Wildman–Crippen MR) is 91.4 cm³/mol. The summed E-state index contributed by atoms with van der Waals surface area (Å²) < 4.78 is 6.34. The first kappa shape index (κ1) is 18.5. The third kappa shape index (κ3) is 5.64. The highest BCUT2D eigenvalue weighted by Crippen LogP contribution is 2.44. The van der Waals surface area contributed by atoms with Gasteiger partial charge in [0.1, 0.15) is 0 Å². The molecule has 0 radical (unpaired) electrons. The van der Waals surface area contributed by atoms with Gasteiger partial charge in [0, 0.05) is 19.1 Å². The van der Waals surface area contributed by atoms with E-state index in [1.807, 2.05) is 6.92 Å². The van der Waals surface area contributed by atoms with Gasteiger partial charge in [-0.15, -0.1) is 11.8 Å². The van der Waals surface area contributed by atoms with E-state index in [0.29, 0.717) is 11.5 Å². The molecule has 1 saturated carbocycles. The van der Waals surface area contributed by atoms with Crippen LogP contribution in [-0.2, 0) is 4.74 Å².